The van der Waals surface area contributed by atoms with Crippen LogP contribution in [0.1, 0.15) is 36.9 Å². The van der Waals surface area contributed by atoms with Gasteiger partial charge in [0.15, 0.2) is 0 Å². The minimum atomic E-state index is 0.214. The van der Waals surface area contributed by atoms with E-state index in [0.29, 0.717) is 6.61 Å². The summed E-state index contributed by atoms with van der Waals surface area (Å²) in [5.74, 6) is 0.937. The Hall–Kier alpha value is -1.80. The first kappa shape index (κ1) is 15.6. The number of benzene rings is 2. The summed E-state index contributed by atoms with van der Waals surface area (Å²) in [6.45, 7) is 2.85. The molecule has 21 heavy (non-hydrogen) atoms. The third-order valence-electron chi connectivity index (χ3n) is 3.71. The molecule has 0 heterocycles. The SMILES string of the molecule is CCCCc1ccc(OCC(NC)c2ccccc2)cc1. The van der Waals surface area contributed by atoms with Crippen LogP contribution in [0.4, 0.5) is 0 Å². The second kappa shape index (κ2) is 8.48. The quantitative estimate of drug-likeness (QED) is 0.777. The van der Waals surface area contributed by atoms with Crippen LogP contribution < -0.4 is 10.1 Å². The van der Waals surface area contributed by atoms with Gasteiger partial charge in [0.05, 0.1) is 6.04 Å². The number of nitrogens with one attached hydrogen (secondary N) is 1. The van der Waals surface area contributed by atoms with Gasteiger partial charge in [-0.25, -0.2) is 0 Å². The molecule has 2 aromatic carbocycles. The van der Waals surface area contributed by atoms with Crippen molar-refractivity contribution in [2.75, 3.05) is 13.7 Å². The van der Waals surface area contributed by atoms with Gasteiger partial charge in [-0.05, 0) is 43.1 Å². The molecule has 1 atom stereocenters. The van der Waals surface area contributed by atoms with E-state index in [1.165, 1.54) is 24.0 Å². The highest BCUT2D eigenvalue weighted by atomic mass is 16.5. The van der Waals surface area contributed by atoms with Gasteiger partial charge in [-0.1, -0.05) is 55.8 Å². The van der Waals surface area contributed by atoms with Gasteiger partial charge in [-0.2, -0.15) is 0 Å². The minimum Gasteiger partial charge on any atom is -0.492 e. The fourth-order valence-electron chi connectivity index (χ4n) is 2.34. The Labute approximate surface area is 128 Å². The Kier molecular flexibility index (Phi) is 6.29. The lowest BCUT2D eigenvalue weighted by Crippen LogP contribution is -2.23. The van der Waals surface area contributed by atoms with Crippen molar-refractivity contribution in [3.8, 4) is 5.75 Å². The molecule has 0 saturated carbocycles. The van der Waals surface area contributed by atoms with Gasteiger partial charge in [0.25, 0.3) is 0 Å². The third-order valence-corrected chi connectivity index (χ3v) is 3.71. The van der Waals surface area contributed by atoms with Crippen LogP contribution >= 0.6 is 0 Å². The van der Waals surface area contributed by atoms with Crippen LogP contribution in [0, 0.1) is 0 Å². The van der Waals surface area contributed by atoms with E-state index in [1.807, 2.05) is 13.1 Å². The summed E-state index contributed by atoms with van der Waals surface area (Å²) in [6, 6.07) is 19.1. The monoisotopic (exact) mass is 283 g/mol. The van der Waals surface area contributed by atoms with Crippen LogP contribution in [0.25, 0.3) is 0 Å². The largest absolute Gasteiger partial charge is 0.492 e. The summed E-state index contributed by atoms with van der Waals surface area (Å²) in [5.41, 5.74) is 2.64. The topological polar surface area (TPSA) is 21.3 Å². The van der Waals surface area contributed by atoms with Gasteiger partial charge < -0.3 is 10.1 Å². The lowest BCUT2D eigenvalue weighted by Gasteiger charge is -2.17. The fraction of sp³-hybridized carbons (Fsp3) is 0.368. The molecule has 2 rings (SSSR count). The zero-order chi connectivity index (χ0) is 14.9. The van der Waals surface area contributed by atoms with E-state index >= 15 is 0 Å². The minimum absolute atomic E-state index is 0.214. The molecule has 112 valence electrons. The van der Waals surface area contributed by atoms with Gasteiger partial charge in [0.2, 0.25) is 0 Å². The molecule has 0 aromatic heterocycles. The van der Waals surface area contributed by atoms with Crippen LogP contribution in [-0.2, 0) is 6.42 Å². The van der Waals surface area contributed by atoms with E-state index in [1.54, 1.807) is 0 Å². The second-order valence-corrected chi connectivity index (χ2v) is 5.31. The molecule has 1 unspecified atom stereocenters. The Bertz CT molecular complexity index is 507. The molecule has 0 aliphatic carbocycles. The van der Waals surface area contributed by atoms with Crippen LogP contribution in [0.2, 0.25) is 0 Å². The normalized spacial score (nSPS) is 12.1. The molecule has 2 aromatic rings. The number of hydrogen-bond donors (Lipinski definition) is 1. The Morgan fingerprint density at radius 1 is 1.00 bits per heavy atom. The molecule has 0 bridgehead atoms. The highest BCUT2D eigenvalue weighted by Gasteiger charge is 2.09. The summed E-state index contributed by atoms with van der Waals surface area (Å²) in [4.78, 5) is 0. The first-order chi connectivity index (χ1) is 10.3. The predicted octanol–water partition coefficient (Wildman–Crippen LogP) is 4.37. The average Bonchev–Trinajstić information content (AvgIpc) is 2.55. The van der Waals surface area contributed by atoms with E-state index in [9.17, 15) is 0 Å². The van der Waals surface area contributed by atoms with Gasteiger partial charge in [-0.3, -0.25) is 0 Å². The second-order valence-electron chi connectivity index (χ2n) is 5.31. The molecule has 0 fully saturated rings. The highest BCUT2D eigenvalue weighted by molar-refractivity contribution is 5.27. The lowest BCUT2D eigenvalue weighted by atomic mass is 10.1. The number of unbranched alkanes of at least 4 members (excludes halogenated alkanes) is 1. The van der Waals surface area contributed by atoms with Crippen molar-refractivity contribution in [2.45, 2.75) is 32.2 Å². The van der Waals surface area contributed by atoms with Crippen LogP contribution in [0.15, 0.2) is 54.6 Å². The smallest absolute Gasteiger partial charge is 0.119 e. The maximum absolute atomic E-state index is 5.91. The molecular weight excluding hydrogens is 258 g/mol. The molecule has 2 nitrogen and oxygen atoms in total. The average molecular weight is 283 g/mol. The molecule has 0 aliphatic heterocycles. The van der Waals surface area contributed by atoms with Gasteiger partial charge >= 0.3 is 0 Å². The molecule has 0 saturated heterocycles. The third kappa shape index (κ3) is 4.91. The summed E-state index contributed by atoms with van der Waals surface area (Å²) >= 11 is 0. The number of rotatable bonds is 8. The molecule has 0 aliphatic rings. The van der Waals surface area contributed by atoms with E-state index in [0.717, 1.165) is 12.2 Å². The van der Waals surface area contributed by atoms with E-state index in [2.05, 4.69) is 60.8 Å². The van der Waals surface area contributed by atoms with Crippen LogP contribution in [0.3, 0.4) is 0 Å². The molecular formula is C19H25NO. The summed E-state index contributed by atoms with van der Waals surface area (Å²) in [6.07, 6.45) is 3.63. The van der Waals surface area contributed by atoms with Crippen molar-refractivity contribution >= 4 is 0 Å². The number of ether oxygens (including phenoxy) is 1. The maximum atomic E-state index is 5.91. The fourth-order valence-corrected chi connectivity index (χ4v) is 2.34. The first-order valence-electron chi connectivity index (χ1n) is 7.77. The number of aryl methyl sites for hydroxylation is 1. The standard InChI is InChI=1S/C19H25NO/c1-3-4-8-16-11-13-18(14-12-16)21-15-19(20-2)17-9-6-5-7-10-17/h5-7,9-14,19-20H,3-4,8,15H2,1-2H3. The van der Waals surface area contributed by atoms with Crippen molar-refractivity contribution in [3.63, 3.8) is 0 Å². The molecule has 1 N–H and O–H groups in total. The lowest BCUT2D eigenvalue weighted by molar-refractivity contribution is 0.273. The summed E-state index contributed by atoms with van der Waals surface area (Å²) in [5, 5.41) is 3.30. The van der Waals surface area contributed by atoms with E-state index < -0.39 is 0 Å². The molecule has 0 spiro atoms. The van der Waals surface area contributed by atoms with E-state index in [-0.39, 0.29) is 6.04 Å². The number of hydrogen-bond acceptors (Lipinski definition) is 2. The van der Waals surface area contributed by atoms with Crippen molar-refractivity contribution in [3.05, 3.63) is 65.7 Å². The van der Waals surface area contributed by atoms with Gasteiger partial charge in [0, 0.05) is 0 Å². The maximum Gasteiger partial charge on any atom is 0.119 e. The Morgan fingerprint density at radius 2 is 1.71 bits per heavy atom. The molecule has 2 heteroatoms. The first-order valence-corrected chi connectivity index (χ1v) is 7.77. The summed E-state index contributed by atoms with van der Waals surface area (Å²) in [7, 11) is 1.97. The van der Waals surface area contributed by atoms with Crippen LogP contribution in [-0.4, -0.2) is 13.7 Å². The van der Waals surface area contributed by atoms with Crippen LogP contribution in [0.5, 0.6) is 5.75 Å². The Morgan fingerprint density at radius 3 is 2.33 bits per heavy atom. The van der Waals surface area contributed by atoms with E-state index in [4.69, 9.17) is 4.74 Å². The van der Waals surface area contributed by atoms with Gasteiger partial charge in [-0.15, -0.1) is 0 Å². The van der Waals surface area contributed by atoms with Crippen molar-refractivity contribution in [1.29, 1.82) is 0 Å². The zero-order valence-electron chi connectivity index (χ0n) is 13.0. The van der Waals surface area contributed by atoms with Gasteiger partial charge in [0.1, 0.15) is 12.4 Å². The summed E-state index contributed by atoms with van der Waals surface area (Å²) < 4.78 is 5.91. The van der Waals surface area contributed by atoms with Crippen molar-refractivity contribution < 1.29 is 4.74 Å². The predicted molar refractivity (Wildman–Crippen MR) is 88.8 cm³/mol. The van der Waals surface area contributed by atoms with Crippen molar-refractivity contribution in [2.24, 2.45) is 0 Å². The number of likely N-dealkylation sites (N-methyl/N-ethyl adjacent to an activating group) is 1. The molecule has 0 amide bonds. The Balaban J connectivity index is 1.89. The molecule has 0 radical (unpaired) electrons. The highest BCUT2D eigenvalue weighted by Crippen LogP contribution is 2.17. The van der Waals surface area contributed by atoms with Crippen molar-refractivity contribution in [1.82, 2.24) is 5.32 Å². The zero-order valence-corrected chi connectivity index (χ0v) is 13.0.